The van der Waals surface area contributed by atoms with Crippen LogP contribution in [0.15, 0.2) is 0 Å². The second-order valence-corrected chi connectivity index (χ2v) is 5.15. The molecule has 0 spiro atoms. The van der Waals surface area contributed by atoms with Gasteiger partial charge in [0.05, 0.1) is 0 Å². The summed E-state index contributed by atoms with van der Waals surface area (Å²) in [4.78, 5) is 11.7. The number of carbonyl (C=O) groups is 1. The van der Waals surface area contributed by atoms with Gasteiger partial charge in [0.25, 0.3) is 0 Å². The summed E-state index contributed by atoms with van der Waals surface area (Å²) in [5.74, 6) is 1.78. The molecule has 1 aliphatic carbocycles. The number of alkyl halides is 1. The van der Waals surface area contributed by atoms with E-state index in [2.05, 4.69) is 12.2 Å². The van der Waals surface area contributed by atoms with Gasteiger partial charge in [-0.25, -0.2) is 0 Å². The van der Waals surface area contributed by atoms with Gasteiger partial charge >= 0.3 is 0 Å². The number of halogens is 1. The van der Waals surface area contributed by atoms with Gasteiger partial charge in [-0.05, 0) is 31.6 Å². The molecule has 0 bridgehead atoms. The standard InChI is InChI=1S/C12H22ClNO/c1-9(8-13)10(2)14-12(15)7-11-5-3-4-6-11/h9-11H,3-8H2,1-2H3,(H,14,15). The first-order valence-electron chi connectivity index (χ1n) is 5.98. The minimum Gasteiger partial charge on any atom is -0.353 e. The lowest BCUT2D eigenvalue weighted by atomic mass is 10.0. The highest BCUT2D eigenvalue weighted by molar-refractivity contribution is 6.18. The maximum Gasteiger partial charge on any atom is 0.220 e. The summed E-state index contributed by atoms with van der Waals surface area (Å²) in [6.45, 7) is 4.09. The number of carbonyl (C=O) groups excluding carboxylic acids is 1. The molecular formula is C12H22ClNO. The summed E-state index contributed by atoms with van der Waals surface area (Å²) >= 11 is 5.75. The number of nitrogens with one attached hydrogen (secondary N) is 1. The fourth-order valence-corrected chi connectivity index (χ4v) is 2.33. The molecule has 0 aromatic carbocycles. The van der Waals surface area contributed by atoms with Gasteiger partial charge in [-0.15, -0.1) is 11.6 Å². The van der Waals surface area contributed by atoms with Gasteiger partial charge < -0.3 is 5.32 Å². The SMILES string of the molecule is CC(CCl)C(C)NC(=O)CC1CCCC1. The smallest absolute Gasteiger partial charge is 0.220 e. The highest BCUT2D eigenvalue weighted by Crippen LogP contribution is 2.27. The maximum atomic E-state index is 11.7. The van der Waals surface area contributed by atoms with Crippen molar-refractivity contribution in [2.45, 2.75) is 52.0 Å². The molecule has 1 amide bonds. The van der Waals surface area contributed by atoms with Gasteiger partial charge in [-0.2, -0.15) is 0 Å². The predicted octanol–water partition coefficient (Wildman–Crippen LogP) is 2.95. The average Bonchev–Trinajstić information content (AvgIpc) is 2.68. The van der Waals surface area contributed by atoms with Gasteiger partial charge in [0.2, 0.25) is 5.91 Å². The molecule has 2 atom stereocenters. The first-order valence-corrected chi connectivity index (χ1v) is 6.52. The zero-order chi connectivity index (χ0) is 11.3. The molecule has 88 valence electrons. The Morgan fingerprint density at radius 3 is 2.53 bits per heavy atom. The van der Waals surface area contributed by atoms with Crippen LogP contribution < -0.4 is 5.32 Å². The molecule has 1 aliphatic rings. The van der Waals surface area contributed by atoms with Crippen LogP contribution in [0.25, 0.3) is 0 Å². The van der Waals surface area contributed by atoms with E-state index in [1.807, 2.05) is 6.92 Å². The third-order valence-electron chi connectivity index (χ3n) is 3.43. The minimum atomic E-state index is 0.191. The summed E-state index contributed by atoms with van der Waals surface area (Å²) in [6.07, 6.45) is 5.76. The fourth-order valence-electron chi connectivity index (χ4n) is 2.07. The van der Waals surface area contributed by atoms with Crippen molar-refractivity contribution in [1.29, 1.82) is 0 Å². The van der Waals surface area contributed by atoms with Gasteiger partial charge in [-0.1, -0.05) is 19.8 Å². The van der Waals surface area contributed by atoms with Crippen molar-refractivity contribution in [3.05, 3.63) is 0 Å². The molecule has 15 heavy (non-hydrogen) atoms. The zero-order valence-electron chi connectivity index (χ0n) is 9.76. The first-order chi connectivity index (χ1) is 7.13. The van der Waals surface area contributed by atoms with E-state index in [1.165, 1.54) is 25.7 Å². The number of hydrogen-bond donors (Lipinski definition) is 1. The highest BCUT2D eigenvalue weighted by atomic mass is 35.5. The largest absolute Gasteiger partial charge is 0.353 e. The molecule has 0 saturated heterocycles. The van der Waals surface area contributed by atoms with Crippen LogP contribution in [0.3, 0.4) is 0 Å². The summed E-state index contributed by atoms with van der Waals surface area (Å²) < 4.78 is 0. The molecule has 2 unspecified atom stereocenters. The van der Waals surface area contributed by atoms with Gasteiger partial charge in [0, 0.05) is 18.3 Å². The van der Waals surface area contributed by atoms with Crippen LogP contribution in [0.4, 0.5) is 0 Å². The average molecular weight is 232 g/mol. The summed E-state index contributed by atoms with van der Waals surface area (Å²) in [5, 5.41) is 3.03. The van der Waals surface area contributed by atoms with E-state index < -0.39 is 0 Å². The second-order valence-electron chi connectivity index (χ2n) is 4.84. The number of amides is 1. The quantitative estimate of drug-likeness (QED) is 0.725. The molecule has 1 N–H and O–H groups in total. The Morgan fingerprint density at radius 2 is 2.00 bits per heavy atom. The van der Waals surface area contributed by atoms with Gasteiger partial charge in [0.15, 0.2) is 0 Å². The monoisotopic (exact) mass is 231 g/mol. The molecular weight excluding hydrogens is 210 g/mol. The zero-order valence-corrected chi connectivity index (χ0v) is 10.5. The lowest BCUT2D eigenvalue weighted by molar-refractivity contribution is -0.122. The fraction of sp³-hybridized carbons (Fsp3) is 0.917. The molecule has 3 heteroatoms. The normalized spacial score (nSPS) is 21.3. The van der Waals surface area contributed by atoms with E-state index in [-0.39, 0.29) is 11.9 Å². The van der Waals surface area contributed by atoms with E-state index in [1.54, 1.807) is 0 Å². The van der Waals surface area contributed by atoms with E-state index in [9.17, 15) is 4.79 Å². The molecule has 0 aliphatic heterocycles. The lowest BCUT2D eigenvalue weighted by Gasteiger charge is -2.20. The summed E-state index contributed by atoms with van der Waals surface area (Å²) in [6, 6.07) is 0.191. The molecule has 0 aromatic rings. The van der Waals surface area contributed by atoms with Crippen molar-refractivity contribution in [3.63, 3.8) is 0 Å². The second kappa shape index (κ2) is 6.37. The Labute approximate surface area is 97.8 Å². The summed E-state index contributed by atoms with van der Waals surface area (Å²) in [7, 11) is 0. The molecule has 1 rings (SSSR count). The Balaban J connectivity index is 2.22. The van der Waals surface area contributed by atoms with Crippen molar-refractivity contribution < 1.29 is 4.79 Å². The molecule has 1 saturated carbocycles. The Morgan fingerprint density at radius 1 is 1.40 bits per heavy atom. The maximum absolute atomic E-state index is 11.7. The molecule has 1 fully saturated rings. The Kier molecular flexibility index (Phi) is 5.44. The van der Waals surface area contributed by atoms with Crippen LogP contribution in [-0.4, -0.2) is 17.8 Å². The third-order valence-corrected chi connectivity index (χ3v) is 3.92. The van der Waals surface area contributed by atoms with Crippen LogP contribution >= 0.6 is 11.6 Å². The van der Waals surface area contributed by atoms with Gasteiger partial charge in [0.1, 0.15) is 0 Å². The molecule has 0 heterocycles. The molecule has 2 nitrogen and oxygen atoms in total. The van der Waals surface area contributed by atoms with Crippen molar-refractivity contribution in [2.75, 3.05) is 5.88 Å². The Bertz CT molecular complexity index is 202. The number of rotatable bonds is 5. The molecule has 0 aromatic heterocycles. The highest BCUT2D eigenvalue weighted by Gasteiger charge is 2.20. The minimum absolute atomic E-state index is 0.191. The van der Waals surface area contributed by atoms with E-state index >= 15 is 0 Å². The number of hydrogen-bond acceptors (Lipinski definition) is 1. The van der Waals surface area contributed by atoms with Crippen LogP contribution in [0.1, 0.15) is 46.0 Å². The molecule has 0 radical (unpaired) electrons. The predicted molar refractivity (Wildman–Crippen MR) is 64.1 cm³/mol. The summed E-state index contributed by atoms with van der Waals surface area (Å²) in [5.41, 5.74) is 0. The third kappa shape index (κ3) is 4.42. The van der Waals surface area contributed by atoms with E-state index in [0.717, 1.165) is 0 Å². The van der Waals surface area contributed by atoms with E-state index in [0.29, 0.717) is 24.1 Å². The van der Waals surface area contributed by atoms with Crippen molar-refractivity contribution in [2.24, 2.45) is 11.8 Å². The van der Waals surface area contributed by atoms with Crippen LogP contribution in [0.5, 0.6) is 0 Å². The first kappa shape index (κ1) is 12.8. The Hall–Kier alpha value is -0.240. The van der Waals surface area contributed by atoms with E-state index in [4.69, 9.17) is 11.6 Å². The van der Waals surface area contributed by atoms with Crippen LogP contribution in [0.2, 0.25) is 0 Å². The lowest BCUT2D eigenvalue weighted by Crippen LogP contribution is -2.38. The topological polar surface area (TPSA) is 29.1 Å². The van der Waals surface area contributed by atoms with Crippen molar-refractivity contribution in [3.8, 4) is 0 Å². The van der Waals surface area contributed by atoms with Crippen molar-refractivity contribution in [1.82, 2.24) is 5.32 Å². The van der Waals surface area contributed by atoms with Gasteiger partial charge in [-0.3, -0.25) is 4.79 Å². The van der Waals surface area contributed by atoms with Crippen molar-refractivity contribution >= 4 is 17.5 Å². The van der Waals surface area contributed by atoms with Crippen LogP contribution in [-0.2, 0) is 4.79 Å². The van der Waals surface area contributed by atoms with Crippen LogP contribution in [0, 0.1) is 11.8 Å².